The zero-order valence-electron chi connectivity index (χ0n) is 4.26. The van der Waals surface area contributed by atoms with Crippen molar-refractivity contribution in [3.63, 3.8) is 0 Å². The molecule has 0 fully saturated rings. The Morgan fingerprint density at radius 3 is 2.38 bits per heavy atom. The van der Waals surface area contributed by atoms with Gasteiger partial charge in [-0.15, -0.1) is 0 Å². The van der Waals surface area contributed by atoms with Gasteiger partial charge in [0.25, 0.3) is 0 Å². The maximum absolute atomic E-state index is 8.12. The van der Waals surface area contributed by atoms with Crippen molar-refractivity contribution in [1.82, 2.24) is 5.32 Å². The van der Waals surface area contributed by atoms with E-state index in [0.29, 0.717) is 0 Å². The highest BCUT2D eigenvalue weighted by molar-refractivity contribution is 5.56. The molecular formula is C4H6N2O2. The van der Waals surface area contributed by atoms with Gasteiger partial charge in [0, 0.05) is 6.54 Å². The molecule has 0 spiro atoms. The van der Waals surface area contributed by atoms with Gasteiger partial charge in [-0.05, 0) is 0 Å². The number of carbonyl (C=O) groups excluding carboxylic acids is 2. The Kier molecular flexibility index (Phi) is 5.01. The van der Waals surface area contributed by atoms with Gasteiger partial charge in [0.2, 0.25) is 0 Å². The number of rotatable bonds is 0. The van der Waals surface area contributed by atoms with Crippen molar-refractivity contribution in [3.05, 3.63) is 0 Å². The summed E-state index contributed by atoms with van der Waals surface area (Å²) in [6.07, 6.45) is 1.99. The van der Waals surface area contributed by atoms with Crippen molar-refractivity contribution in [3.8, 4) is 0 Å². The van der Waals surface area contributed by atoms with Crippen molar-refractivity contribution in [2.24, 2.45) is 4.99 Å². The SMILES string of the molecule is C1=NCCN1.O=C=O. The highest BCUT2D eigenvalue weighted by atomic mass is 16.2. The number of hydrogen-bond acceptors (Lipinski definition) is 4. The van der Waals surface area contributed by atoms with Crippen LogP contribution >= 0.6 is 0 Å². The van der Waals surface area contributed by atoms with Gasteiger partial charge >= 0.3 is 6.15 Å². The monoisotopic (exact) mass is 114 g/mol. The molecule has 1 N–H and O–H groups in total. The van der Waals surface area contributed by atoms with Crippen LogP contribution in [0.25, 0.3) is 0 Å². The molecule has 1 rings (SSSR count). The molecule has 4 heteroatoms. The highest BCUT2D eigenvalue weighted by Crippen LogP contribution is 1.68. The molecule has 44 valence electrons. The van der Waals surface area contributed by atoms with Gasteiger partial charge in [-0.25, -0.2) is 0 Å². The molecule has 1 aliphatic heterocycles. The summed E-state index contributed by atoms with van der Waals surface area (Å²) < 4.78 is 0. The van der Waals surface area contributed by atoms with Crippen LogP contribution in [0.1, 0.15) is 0 Å². The van der Waals surface area contributed by atoms with Gasteiger partial charge < -0.3 is 5.32 Å². The first kappa shape index (κ1) is 6.85. The molecular weight excluding hydrogens is 108 g/mol. The summed E-state index contributed by atoms with van der Waals surface area (Å²) in [4.78, 5) is 20.1. The first-order valence-electron chi connectivity index (χ1n) is 2.12. The van der Waals surface area contributed by atoms with Gasteiger partial charge in [-0.2, -0.15) is 9.59 Å². The van der Waals surface area contributed by atoms with Crippen LogP contribution in [0.4, 0.5) is 0 Å². The van der Waals surface area contributed by atoms with Gasteiger partial charge in [0.05, 0.1) is 12.9 Å². The van der Waals surface area contributed by atoms with Crippen LogP contribution in [-0.2, 0) is 9.59 Å². The van der Waals surface area contributed by atoms with Gasteiger partial charge in [-0.3, -0.25) is 4.99 Å². The van der Waals surface area contributed by atoms with Gasteiger partial charge in [0.15, 0.2) is 0 Å². The van der Waals surface area contributed by atoms with Crippen molar-refractivity contribution in [2.75, 3.05) is 13.1 Å². The molecule has 0 saturated heterocycles. The maximum Gasteiger partial charge on any atom is 0.373 e. The lowest BCUT2D eigenvalue weighted by molar-refractivity contribution is -0.191. The lowest BCUT2D eigenvalue weighted by Gasteiger charge is -1.75. The predicted octanol–water partition coefficient (Wildman–Crippen LogP) is -0.966. The fraction of sp³-hybridized carbons (Fsp3) is 0.500. The number of nitrogens with zero attached hydrogens (tertiary/aromatic N) is 1. The third kappa shape index (κ3) is 4.85. The first-order chi connectivity index (χ1) is 3.91. The van der Waals surface area contributed by atoms with E-state index in [0.717, 1.165) is 13.1 Å². The Hall–Kier alpha value is -1.15. The summed E-state index contributed by atoms with van der Waals surface area (Å²) in [6.45, 7) is 1.99. The molecule has 0 aliphatic carbocycles. The fourth-order valence-corrected chi connectivity index (χ4v) is 0.323. The van der Waals surface area contributed by atoms with Crippen LogP contribution in [0.3, 0.4) is 0 Å². The van der Waals surface area contributed by atoms with E-state index in [1.165, 1.54) is 0 Å². The second-order valence-electron chi connectivity index (χ2n) is 1.07. The van der Waals surface area contributed by atoms with Gasteiger partial charge in [0.1, 0.15) is 0 Å². The summed E-state index contributed by atoms with van der Waals surface area (Å²) >= 11 is 0. The first-order valence-corrected chi connectivity index (χ1v) is 2.12. The van der Waals surface area contributed by atoms with Crippen LogP contribution in [0.5, 0.6) is 0 Å². The Bertz CT molecular complexity index is 98.6. The standard InChI is InChI=1S/C3H6N2.CO2/c1-2-5-3-4-1;2-1-3/h3H,1-2H2,(H,4,5);. The predicted molar refractivity (Wildman–Crippen MR) is 26.4 cm³/mol. The highest BCUT2D eigenvalue weighted by Gasteiger charge is 1.82. The lowest BCUT2D eigenvalue weighted by Crippen LogP contribution is -2.04. The maximum atomic E-state index is 8.12. The molecule has 8 heavy (non-hydrogen) atoms. The van der Waals surface area contributed by atoms with E-state index in [2.05, 4.69) is 10.3 Å². The molecule has 0 aromatic rings. The Labute approximate surface area is 46.6 Å². The minimum Gasteiger partial charge on any atom is -0.375 e. The third-order valence-electron chi connectivity index (χ3n) is 0.568. The quantitative estimate of drug-likeness (QED) is 0.441. The van der Waals surface area contributed by atoms with Crippen LogP contribution in [-0.4, -0.2) is 25.6 Å². The summed E-state index contributed by atoms with van der Waals surface area (Å²) in [5.41, 5.74) is 0. The molecule has 1 heterocycles. The summed E-state index contributed by atoms with van der Waals surface area (Å²) in [5.74, 6) is 0. The minimum absolute atomic E-state index is 0.250. The number of nitrogens with one attached hydrogen (secondary N) is 1. The molecule has 0 aromatic heterocycles. The van der Waals surface area contributed by atoms with Crippen LogP contribution in [0.2, 0.25) is 0 Å². The Balaban J connectivity index is 0.000000145. The third-order valence-corrected chi connectivity index (χ3v) is 0.568. The van der Waals surface area contributed by atoms with Crippen molar-refractivity contribution < 1.29 is 9.59 Å². The summed E-state index contributed by atoms with van der Waals surface area (Å²) in [7, 11) is 0. The average molecular weight is 114 g/mol. The van der Waals surface area contributed by atoms with Crippen molar-refractivity contribution in [2.45, 2.75) is 0 Å². The average Bonchev–Trinajstić information content (AvgIpc) is 2.17. The fourth-order valence-electron chi connectivity index (χ4n) is 0.323. The smallest absolute Gasteiger partial charge is 0.373 e. The van der Waals surface area contributed by atoms with Crippen LogP contribution in [0, 0.1) is 0 Å². The van der Waals surface area contributed by atoms with Gasteiger partial charge in [-0.1, -0.05) is 0 Å². The zero-order chi connectivity index (χ0) is 6.24. The molecule has 0 amide bonds. The topological polar surface area (TPSA) is 58.5 Å². The summed E-state index contributed by atoms with van der Waals surface area (Å²) in [6, 6.07) is 0. The van der Waals surface area contributed by atoms with Crippen molar-refractivity contribution >= 4 is 12.5 Å². The lowest BCUT2D eigenvalue weighted by atomic mass is 10.7. The minimum atomic E-state index is 0.250. The Morgan fingerprint density at radius 1 is 1.62 bits per heavy atom. The second-order valence-corrected chi connectivity index (χ2v) is 1.07. The van der Waals surface area contributed by atoms with E-state index in [-0.39, 0.29) is 6.15 Å². The molecule has 4 nitrogen and oxygen atoms in total. The normalized spacial score (nSPS) is 13.0. The zero-order valence-corrected chi connectivity index (χ0v) is 4.26. The largest absolute Gasteiger partial charge is 0.375 e. The van der Waals surface area contributed by atoms with Crippen molar-refractivity contribution in [1.29, 1.82) is 0 Å². The van der Waals surface area contributed by atoms with E-state index >= 15 is 0 Å². The molecule has 0 bridgehead atoms. The van der Waals surface area contributed by atoms with E-state index in [1.54, 1.807) is 6.34 Å². The van der Waals surface area contributed by atoms with E-state index in [4.69, 9.17) is 9.59 Å². The molecule has 0 radical (unpaired) electrons. The molecule has 0 atom stereocenters. The van der Waals surface area contributed by atoms with E-state index in [9.17, 15) is 0 Å². The molecule has 0 aromatic carbocycles. The molecule has 1 aliphatic rings. The van der Waals surface area contributed by atoms with E-state index < -0.39 is 0 Å². The van der Waals surface area contributed by atoms with Crippen LogP contribution < -0.4 is 5.32 Å². The molecule has 0 saturated carbocycles. The summed E-state index contributed by atoms with van der Waals surface area (Å²) in [5, 5.41) is 2.93. The molecule has 0 unspecified atom stereocenters. The number of hydrogen-bond donors (Lipinski definition) is 1. The number of aliphatic imine (C=N–C) groups is 1. The van der Waals surface area contributed by atoms with E-state index in [1.807, 2.05) is 0 Å². The second kappa shape index (κ2) is 5.85. The Morgan fingerprint density at radius 2 is 2.25 bits per heavy atom. The van der Waals surface area contributed by atoms with Crippen LogP contribution in [0.15, 0.2) is 4.99 Å².